The van der Waals surface area contributed by atoms with Crippen molar-refractivity contribution in [3.63, 3.8) is 0 Å². The summed E-state index contributed by atoms with van der Waals surface area (Å²) in [5, 5.41) is 6.02. The molecule has 4 aromatic rings. The summed E-state index contributed by atoms with van der Waals surface area (Å²) in [6.07, 6.45) is 2.75. The molecule has 1 aromatic carbocycles. The molecule has 1 atom stereocenters. The first-order chi connectivity index (χ1) is 13.1. The van der Waals surface area contributed by atoms with Gasteiger partial charge in [-0.05, 0) is 37.5 Å². The van der Waals surface area contributed by atoms with E-state index in [0.717, 1.165) is 53.5 Å². The second kappa shape index (κ2) is 6.31. The third kappa shape index (κ3) is 2.80. The van der Waals surface area contributed by atoms with Crippen LogP contribution in [0.2, 0.25) is 5.02 Å². The number of hydrogen-bond acceptors (Lipinski definition) is 6. The molecule has 4 heterocycles. The largest absolute Gasteiger partial charge is 0.340 e. The number of imidazole rings is 1. The molecule has 0 unspecified atom stereocenters. The number of aromatic amines is 1. The van der Waals surface area contributed by atoms with E-state index >= 15 is 0 Å². The van der Waals surface area contributed by atoms with E-state index in [1.807, 2.05) is 25.1 Å². The second-order valence-electron chi connectivity index (χ2n) is 6.65. The molecule has 1 fully saturated rings. The van der Waals surface area contributed by atoms with Gasteiger partial charge in [-0.15, -0.1) is 5.10 Å². The summed E-state index contributed by atoms with van der Waals surface area (Å²) < 4.78 is 1.40. The van der Waals surface area contributed by atoms with Crippen LogP contribution in [-0.4, -0.2) is 31.1 Å². The number of nitrogens with zero attached hydrogens (tertiary/aromatic N) is 5. The summed E-state index contributed by atoms with van der Waals surface area (Å²) in [5.41, 5.74) is 2.49. The van der Waals surface area contributed by atoms with Gasteiger partial charge < -0.3 is 9.88 Å². The van der Waals surface area contributed by atoms with Crippen molar-refractivity contribution in [2.24, 2.45) is 0 Å². The van der Waals surface area contributed by atoms with Crippen LogP contribution in [0.1, 0.15) is 37.3 Å². The third-order valence-electron chi connectivity index (χ3n) is 4.93. The van der Waals surface area contributed by atoms with Gasteiger partial charge in [-0.3, -0.25) is 4.79 Å². The molecule has 27 heavy (non-hydrogen) atoms. The molecular formula is C18H17ClN6OS. The highest BCUT2D eigenvalue weighted by atomic mass is 35.5. The number of hydrogen-bond donors (Lipinski definition) is 1. The zero-order valence-electron chi connectivity index (χ0n) is 14.6. The van der Waals surface area contributed by atoms with Gasteiger partial charge in [0.1, 0.15) is 5.82 Å². The lowest BCUT2D eigenvalue weighted by Crippen LogP contribution is -2.24. The minimum atomic E-state index is -0.131. The Hall–Kier alpha value is -2.45. The van der Waals surface area contributed by atoms with Gasteiger partial charge in [-0.2, -0.15) is 4.52 Å². The van der Waals surface area contributed by atoms with Gasteiger partial charge in [-0.1, -0.05) is 29.9 Å². The minimum absolute atomic E-state index is 0.0954. The Morgan fingerprint density at radius 2 is 2.22 bits per heavy atom. The Bertz CT molecular complexity index is 1210. The number of nitrogens with one attached hydrogen (secondary N) is 1. The smallest absolute Gasteiger partial charge is 0.275 e. The molecule has 0 bridgehead atoms. The van der Waals surface area contributed by atoms with Crippen LogP contribution in [0.4, 0.5) is 5.13 Å². The fourth-order valence-electron chi connectivity index (χ4n) is 3.58. The molecule has 0 aliphatic carbocycles. The Balaban J connectivity index is 1.56. The van der Waals surface area contributed by atoms with Crippen LogP contribution in [0.5, 0.6) is 0 Å². The van der Waals surface area contributed by atoms with E-state index in [0.29, 0.717) is 9.98 Å². The van der Waals surface area contributed by atoms with Gasteiger partial charge >= 0.3 is 0 Å². The van der Waals surface area contributed by atoms with Crippen molar-refractivity contribution in [2.75, 3.05) is 11.4 Å². The van der Waals surface area contributed by atoms with Gasteiger partial charge in [0.2, 0.25) is 10.1 Å². The van der Waals surface area contributed by atoms with Gasteiger partial charge in [0.25, 0.3) is 5.56 Å². The topological polar surface area (TPSA) is 79.2 Å². The van der Waals surface area contributed by atoms with E-state index in [4.69, 9.17) is 16.6 Å². The first kappa shape index (κ1) is 16.7. The van der Waals surface area contributed by atoms with Crippen molar-refractivity contribution >= 4 is 44.1 Å². The molecule has 1 aliphatic heterocycles. The minimum Gasteiger partial charge on any atom is -0.340 e. The Morgan fingerprint density at radius 1 is 1.33 bits per heavy atom. The molecular weight excluding hydrogens is 384 g/mol. The molecule has 1 N–H and O–H groups in total. The van der Waals surface area contributed by atoms with Gasteiger partial charge in [0.15, 0.2) is 0 Å². The second-order valence-corrected chi connectivity index (χ2v) is 8.02. The van der Waals surface area contributed by atoms with E-state index in [2.05, 4.69) is 20.0 Å². The number of anilines is 1. The SMILES string of the molecule is CCc1cc(=O)n2nc(N3CCC[C@H]3c3nc4ccc(Cl)cc4[nH]3)sc2n1. The molecule has 0 saturated carbocycles. The Morgan fingerprint density at radius 3 is 3.07 bits per heavy atom. The number of H-pyrrole nitrogens is 1. The van der Waals surface area contributed by atoms with E-state index in [1.54, 1.807) is 6.07 Å². The lowest BCUT2D eigenvalue weighted by Gasteiger charge is -2.21. The maximum absolute atomic E-state index is 12.3. The molecule has 0 spiro atoms. The average Bonchev–Trinajstić information content (AvgIpc) is 3.37. The molecule has 1 aliphatic rings. The summed E-state index contributed by atoms with van der Waals surface area (Å²) in [4.78, 5) is 27.8. The van der Waals surface area contributed by atoms with Crippen molar-refractivity contribution in [3.05, 3.63) is 51.2 Å². The maximum Gasteiger partial charge on any atom is 0.275 e. The van der Waals surface area contributed by atoms with Gasteiger partial charge in [0.05, 0.1) is 17.1 Å². The fraction of sp³-hybridized carbons (Fsp3) is 0.333. The molecule has 1 saturated heterocycles. The van der Waals surface area contributed by atoms with E-state index in [9.17, 15) is 4.79 Å². The van der Waals surface area contributed by atoms with Crippen LogP contribution < -0.4 is 10.5 Å². The number of benzene rings is 1. The van der Waals surface area contributed by atoms with E-state index < -0.39 is 0 Å². The molecule has 3 aromatic heterocycles. The lowest BCUT2D eigenvalue weighted by atomic mass is 10.2. The number of aromatic nitrogens is 5. The van der Waals surface area contributed by atoms with Crippen molar-refractivity contribution in [1.29, 1.82) is 0 Å². The Kier molecular flexibility index (Phi) is 3.91. The summed E-state index contributed by atoms with van der Waals surface area (Å²) in [5.74, 6) is 0.901. The first-order valence-corrected chi connectivity index (χ1v) is 10.1. The molecule has 9 heteroatoms. The van der Waals surface area contributed by atoms with E-state index in [1.165, 1.54) is 15.9 Å². The van der Waals surface area contributed by atoms with Crippen molar-refractivity contribution < 1.29 is 0 Å². The summed E-state index contributed by atoms with van der Waals surface area (Å²) in [6, 6.07) is 7.31. The van der Waals surface area contributed by atoms with Crippen molar-refractivity contribution in [1.82, 2.24) is 24.6 Å². The predicted octanol–water partition coefficient (Wildman–Crippen LogP) is 3.58. The summed E-state index contributed by atoms with van der Waals surface area (Å²) in [7, 11) is 0. The highest BCUT2D eigenvalue weighted by Crippen LogP contribution is 2.37. The Labute approximate surface area is 163 Å². The normalized spacial score (nSPS) is 17.4. The zero-order chi connectivity index (χ0) is 18.5. The third-order valence-corrected chi connectivity index (χ3v) is 6.11. The predicted molar refractivity (Wildman–Crippen MR) is 107 cm³/mol. The maximum atomic E-state index is 12.3. The molecule has 5 rings (SSSR count). The van der Waals surface area contributed by atoms with Gasteiger partial charge in [-0.25, -0.2) is 9.97 Å². The number of fused-ring (bicyclic) bond motifs is 2. The van der Waals surface area contributed by atoms with Crippen LogP contribution in [0, 0.1) is 0 Å². The molecule has 7 nitrogen and oxygen atoms in total. The number of aryl methyl sites for hydroxylation is 1. The highest BCUT2D eigenvalue weighted by Gasteiger charge is 2.31. The highest BCUT2D eigenvalue weighted by molar-refractivity contribution is 7.20. The molecule has 0 radical (unpaired) electrons. The summed E-state index contributed by atoms with van der Waals surface area (Å²) in [6.45, 7) is 2.86. The van der Waals surface area contributed by atoms with Crippen LogP contribution in [0.3, 0.4) is 0 Å². The van der Waals surface area contributed by atoms with Crippen molar-refractivity contribution in [3.8, 4) is 0 Å². The number of halogens is 1. The average molecular weight is 401 g/mol. The lowest BCUT2D eigenvalue weighted by molar-refractivity contribution is 0.671. The zero-order valence-corrected chi connectivity index (χ0v) is 16.2. The molecule has 0 amide bonds. The quantitative estimate of drug-likeness (QED) is 0.568. The fourth-order valence-corrected chi connectivity index (χ4v) is 4.76. The monoisotopic (exact) mass is 400 g/mol. The molecule has 138 valence electrons. The van der Waals surface area contributed by atoms with E-state index in [-0.39, 0.29) is 11.6 Å². The summed E-state index contributed by atoms with van der Waals surface area (Å²) >= 11 is 7.54. The van der Waals surface area contributed by atoms with Crippen LogP contribution in [0.15, 0.2) is 29.1 Å². The standard InChI is InChI=1S/C18H17ClN6OS/c1-2-11-9-15(26)25-17(20-11)27-18(23-25)24-7-3-4-14(24)16-21-12-6-5-10(19)8-13(12)22-16/h5-6,8-9,14H,2-4,7H2,1H3,(H,21,22)/t14-/m0/s1. The van der Waals surface area contributed by atoms with Crippen molar-refractivity contribution in [2.45, 2.75) is 32.2 Å². The van der Waals surface area contributed by atoms with Crippen LogP contribution in [0.25, 0.3) is 16.0 Å². The first-order valence-electron chi connectivity index (χ1n) is 8.94. The van der Waals surface area contributed by atoms with Crippen LogP contribution in [-0.2, 0) is 6.42 Å². The van der Waals surface area contributed by atoms with Gasteiger partial charge in [0, 0.05) is 23.3 Å². The number of rotatable bonds is 3. The van der Waals surface area contributed by atoms with Crippen LogP contribution >= 0.6 is 22.9 Å².